The van der Waals surface area contributed by atoms with Crippen LogP contribution < -0.4 is 16.6 Å². The van der Waals surface area contributed by atoms with E-state index in [0.29, 0.717) is 17.3 Å². The molecule has 0 bridgehead atoms. The minimum absolute atomic E-state index is 0.121. The molecule has 2 atom stereocenters. The molecule has 1 aliphatic carbocycles. The van der Waals surface area contributed by atoms with Crippen molar-refractivity contribution in [1.82, 2.24) is 10.7 Å². The zero-order valence-corrected chi connectivity index (χ0v) is 9.07. The molecule has 1 rings (SSSR count). The minimum atomic E-state index is 0.121. The van der Waals surface area contributed by atoms with Gasteiger partial charge in [-0.1, -0.05) is 13.8 Å². The van der Waals surface area contributed by atoms with Gasteiger partial charge in [-0.3, -0.25) is 0 Å². The van der Waals surface area contributed by atoms with E-state index in [4.69, 9.17) is 22.8 Å². The molecule has 0 aliphatic heterocycles. The molecule has 0 aromatic heterocycles. The predicted octanol–water partition coefficient (Wildman–Crippen LogP) is 0.138. The normalized spacial score (nSPS) is 30.5. The highest BCUT2D eigenvalue weighted by atomic mass is 32.1. The van der Waals surface area contributed by atoms with Gasteiger partial charge < -0.3 is 15.5 Å². The maximum Gasteiger partial charge on any atom is 0.180 e. The van der Waals surface area contributed by atoms with Gasteiger partial charge in [0.15, 0.2) is 5.11 Å². The van der Waals surface area contributed by atoms with Crippen LogP contribution in [0.2, 0.25) is 0 Å². The first kappa shape index (κ1) is 10.7. The van der Waals surface area contributed by atoms with Gasteiger partial charge in [-0.15, -0.1) is 0 Å². The summed E-state index contributed by atoms with van der Waals surface area (Å²) in [6.07, 6.45) is 1.29. The van der Waals surface area contributed by atoms with Crippen LogP contribution in [0.1, 0.15) is 20.3 Å². The average Bonchev–Trinajstić information content (AvgIpc) is 2.10. The second-order valence-electron chi connectivity index (χ2n) is 3.95. The van der Waals surface area contributed by atoms with Crippen LogP contribution in [0.15, 0.2) is 0 Å². The summed E-state index contributed by atoms with van der Waals surface area (Å²) >= 11 is 4.92. The number of thiocarbonyl (C=S) groups is 1. The number of hydrogen-bond acceptors (Lipinski definition) is 3. The minimum Gasteiger partial charge on any atom is -0.381 e. The summed E-state index contributed by atoms with van der Waals surface area (Å²) in [7, 11) is 1.74. The van der Waals surface area contributed by atoms with Crippen molar-refractivity contribution in [3.05, 3.63) is 0 Å². The number of hydrazine groups is 1. The Kier molecular flexibility index (Phi) is 3.10. The van der Waals surface area contributed by atoms with Crippen LogP contribution in [-0.4, -0.2) is 24.4 Å². The number of methoxy groups -OCH3 is 1. The zero-order valence-electron chi connectivity index (χ0n) is 8.26. The monoisotopic (exact) mass is 203 g/mol. The molecule has 1 aliphatic rings. The number of nitrogens with one attached hydrogen (secondary N) is 2. The summed E-state index contributed by atoms with van der Waals surface area (Å²) < 4.78 is 5.31. The van der Waals surface area contributed by atoms with E-state index in [0.717, 1.165) is 6.42 Å². The van der Waals surface area contributed by atoms with Crippen LogP contribution in [0.5, 0.6) is 0 Å². The molecule has 0 radical (unpaired) electrons. The van der Waals surface area contributed by atoms with Gasteiger partial charge in [-0.25, -0.2) is 5.84 Å². The Labute approximate surface area is 84.2 Å². The van der Waals surface area contributed by atoms with Crippen molar-refractivity contribution in [2.24, 2.45) is 11.3 Å². The Bertz CT molecular complexity index is 208. The quantitative estimate of drug-likeness (QED) is 0.338. The topological polar surface area (TPSA) is 59.3 Å². The fourth-order valence-corrected chi connectivity index (χ4v) is 1.87. The van der Waals surface area contributed by atoms with Gasteiger partial charge >= 0.3 is 0 Å². The van der Waals surface area contributed by atoms with E-state index in [9.17, 15) is 0 Å². The molecule has 0 aromatic carbocycles. The molecule has 0 amide bonds. The third-order valence-electron chi connectivity index (χ3n) is 2.90. The predicted molar refractivity (Wildman–Crippen MR) is 56.0 cm³/mol. The lowest BCUT2D eigenvalue weighted by atomic mass is 9.64. The smallest absolute Gasteiger partial charge is 0.180 e. The van der Waals surface area contributed by atoms with Gasteiger partial charge in [0.1, 0.15) is 0 Å². The molecule has 76 valence electrons. The lowest BCUT2D eigenvalue weighted by Crippen LogP contribution is -2.63. The second-order valence-corrected chi connectivity index (χ2v) is 4.36. The fourth-order valence-electron chi connectivity index (χ4n) is 1.73. The summed E-state index contributed by atoms with van der Waals surface area (Å²) in [6.45, 7) is 4.31. The van der Waals surface area contributed by atoms with Crippen molar-refractivity contribution in [1.29, 1.82) is 0 Å². The van der Waals surface area contributed by atoms with E-state index in [2.05, 4.69) is 24.6 Å². The third kappa shape index (κ3) is 1.92. The van der Waals surface area contributed by atoms with Crippen molar-refractivity contribution in [3.63, 3.8) is 0 Å². The van der Waals surface area contributed by atoms with Gasteiger partial charge in [-0.2, -0.15) is 0 Å². The van der Waals surface area contributed by atoms with Crippen molar-refractivity contribution < 1.29 is 4.74 Å². The Morgan fingerprint density at radius 3 is 2.62 bits per heavy atom. The maximum atomic E-state index is 5.31. The molecule has 2 unspecified atom stereocenters. The zero-order chi connectivity index (χ0) is 10.1. The Morgan fingerprint density at radius 1 is 1.62 bits per heavy atom. The number of nitrogens with two attached hydrogens (primary N) is 1. The van der Waals surface area contributed by atoms with E-state index >= 15 is 0 Å². The van der Waals surface area contributed by atoms with Crippen LogP contribution in [0, 0.1) is 5.41 Å². The van der Waals surface area contributed by atoms with E-state index < -0.39 is 0 Å². The maximum absolute atomic E-state index is 5.31. The second kappa shape index (κ2) is 3.77. The molecule has 5 heteroatoms. The summed E-state index contributed by atoms with van der Waals surface area (Å²) in [4.78, 5) is 0. The first-order valence-corrected chi connectivity index (χ1v) is 4.73. The number of rotatable bonds is 2. The van der Waals surface area contributed by atoms with Crippen molar-refractivity contribution in [2.45, 2.75) is 32.4 Å². The first-order chi connectivity index (χ1) is 6.02. The molecule has 0 saturated heterocycles. The van der Waals surface area contributed by atoms with E-state index in [1.807, 2.05) is 0 Å². The van der Waals surface area contributed by atoms with Crippen molar-refractivity contribution in [2.75, 3.05) is 7.11 Å². The van der Waals surface area contributed by atoms with E-state index in [-0.39, 0.29) is 5.41 Å². The number of ether oxygens (including phenoxy) is 1. The van der Waals surface area contributed by atoms with Gasteiger partial charge in [0.2, 0.25) is 0 Å². The Hall–Kier alpha value is -0.390. The molecular weight excluding hydrogens is 186 g/mol. The SMILES string of the molecule is COC1CC(NC(=S)NN)C1(C)C. The molecule has 1 fully saturated rings. The van der Waals surface area contributed by atoms with Crippen LogP contribution in [0.4, 0.5) is 0 Å². The molecule has 0 heterocycles. The lowest BCUT2D eigenvalue weighted by Gasteiger charge is -2.51. The fraction of sp³-hybridized carbons (Fsp3) is 0.875. The van der Waals surface area contributed by atoms with Crippen LogP contribution in [0.3, 0.4) is 0 Å². The standard InChI is InChI=1S/C8H17N3OS/c1-8(2)5(4-6(8)12-3)10-7(13)11-9/h5-6H,4,9H2,1-3H3,(H2,10,11,13). The molecule has 13 heavy (non-hydrogen) atoms. The van der Waals surface area contributed by atoms with Gasteiger partial charge in [-0.05, 0) is 18.6 Å². The van der Waals surface area contributed by atoms with Crippen LogP contribution >= 0.6 is 12.2 Å². The van der Waals surface area contributed by atoms with Crippen LogP contribution in [-0.2, 0) is 4.74 Å². The Balaban J connectivity index is 2.44. The summed E-state index contributed by atoms with van der Waals surface area (Å²) in [5.41, 5.74) is 2.53. The third-order valence-corrected chi connectivity index (χ3v) is 3.13. The molecule has 0 spiro atoms. The average molecular weight is 203 g/mol. The van der Waals surface area contributed by atoms with Crippen molar-refractivity contribution in [3.8, 4) is 0 Å². The van der Waals surface area contributed by atoms with Gasteiger partial charge in [0.25, 0.3) is 0 Å². The molecular formula is C8H17N3OS. The Morgan fingerprint density at radius 2 is 2.23 bits per heavy atom. The molecule has 1 saturated carbocycles. The van der Waals surface area contributed by atoms with Crippen LogP contribution in [0.25, 0.3) is 0 Å². The summed E-state index contributed by atoms with van der Waals surface area (Å²) in [6, 6.07) is 0.348. The highest BCUT2D eigenvalue weighted by molar-refractivity contribution is 7.80. The van der Waals surface area contributed by atoms with Gasteiger partial charge in [0, 0.05) is 18.6 Å². The summed E-state index contributed by atoms with van der Waals surface area (Å²) in [5, 5.41) is 3.63. The number of hydrogen-bond donors (Lipinski definition) is 3. The van der Waals surface area contributed by atoms with E-state index in [1.54, 1.807) is 7.11 Å². The highest BCUT2D eigenvalue weighted by Gasteiger charge is 2.48. The van der Waals surface area contributed by atoms with Gasteiger partial charge in [0.05, 0.1) is 6.10 Å². The van der Waals surface area contributed by atoms with Crippen molar-refractivity contribution >= 4 is 17.3 Å². The highest BCUT2D eigenvalue weighted by Crippen LogP contribution is 2.42. The first-order valence-electron chi connectivity index (χ1n) is 4.32. The van der Waals surface area contributed by atoms with E-state index in [1.165, 1.54) is 0 Å². The molecule has 0 aromatic rings. The largest absolute Gasteiger partial charge is 0.381 e. The molecule has 4 N–H and O–H groups in total. The molecule has 4 nitrogen and oxygen atoms in total. The summed E-state index contributed by atoms with van der Waals surface area (Å²) in [5.74, 6) is 5.17. The lowest BCUT2D eigenvalue weighted by molar-refractivity contribution is -0.0920.